The van der Waals surface area contributed by atoms with Gasteiger partial charge in [-0.05, 0) is 97.9 Å². The maximum absolute atomic E-state index is 9.86. The van der Waals surface area contributed by atoms with Crippen LogP contribution in [0.2, 0.25) is 0 Å². The number of ether oxygens (including phenoxy) is 8. The first-order valence-corrected chi connectivity index (χ1v) is 24.0. The van der Waals surface area contributed by atoms with Gasteiger partial charge in [-0.25, -0.2) is 9.97 Å². The zero-order chi connectivity index (χ0) is 52.0. The van der Waals surface area contributed by atoms with Gasteiger partial charge in [0.1, 0.15) is 13.2 Å². The molecular weight excluding hydrogens is 1090 g/mol. The summed E-state index contributed by atoms with van der Waals surface area (Å²) in [6.45, 7) is 15.7. The molecule has 0 amide bonds. The molecule has 19 nitrogen and oxygen atoms in total. The maximum Gasteiger partial charge on any atom is 0.300 e. The number of aromatic amines is 1. The van der Waals surface area contributed by atoms with Gasteiger partial charge in [-0.1, -0.05) is 13.8 Å². The van der Waals surface area contributed by atoms with Gasteiger partial charge < -0.3 is 63.3 Å². The van der Waals surface area contributed by atoms with E-state index >= 15 is 0 Å². The number of hydrogen-bond donors (Lipinski definition) is 5. The second-order valence-electron chi connectivity index (χ2n) is 16.0. The Labute approximate surface area is 452 Å². The number of aliphatic carboxylic acids is 2. The number of allylic oxidation sites excluding steroid dienone is 4. The van der Waals surface area contributed by atoms with Gasteiger partial charge in [-0.2, -0.15) is 0 Å². The molecule has 2 aromatic heterocycles. The molecule has 72 heavy (non-hydrogen) atoms. The van der Waals surface area contributed by atoms with Crippen molar-refractivity contribution in [1.82, 2.24) is 24.9 Å². The number of aromatic nitrogens is 5. The third kappa shape index (κ3) is 22.0. The number of fused-ring (bicyclic) bond motifs is 7. The minimum absolute atomic E-state index is 0. The van der Waals surface area contributed by atoms with E-state index in [1.165, 1.54) is 11.1 Å². The van der Waals surface area contributed by atoms with Crippen LogP contribution in [0.25, 0.3) is 44.4 Å². The molecule has 5 N–H and O–H groups in total. The van der Waals surface area contributed by atoms with Crippen LogP contribution in [0, 0.1) is 43.8 Å². The molecule has 0 saturated carbocycles. The molecule has 1 aromatic carbocycles. The Kier molecular flexibility index (Phi) is 32.3. The molecule has 6 bridgehead atoms. The Morgan fingerprint density at radius 3 is 1.44 bits per heavy atom. The summed E-state index contributed by atoms with van der Waals surface area (Å²) in [4.78, 5) is 42.0. The average molecular weight is 1170 g/mol. The van der Waals surface area contributed by atoms with Gasteiger partial charge in [0, 0.05) is 95.8 Å². The van der Waals surface area contributed by atoms with Crippen LogP contribution in [-0.4, -0.2) is 164 Å². The van der Waals surface area contributed by atoms with Gasteiger partial charge in [0.15, 0.2) is 11.5 Å². The van der Waals surface area contributed by atoms with Crippen molar-refractivity contribution in [2.24, 2.45) is 0 Å². The van der Waals surface area contributed by atoms with Crippen molar-refractivity contribution in [2.45, 2.75) is 80.1 Å². The van der Waals surface area contributed by atoms with Crippen molar-refractivity contribution in [1.29, 1.82) is 0 Å². The third-order valence-electron chi connectivity index (χ3n) is 10.8. The van der Waals surface area contributed by atoms with Crippen LogP contribution in [0.15, 0.2) is 36.7 Å². The summed E-state index contributed by atoms with van der Waals surface area (Å²) in [5, 5.41) is 34.5. The SMILES string of the molecule is CC(=O)O.CC(=O)O.CCC1=C(CC)c2cc3[nH]c(cnc4cc(OCCOCCOCCOC)c(OCCOCCOCCOC)cc4ncc4nc(cc1n2)C(CCCO)=C4C)c(C)c3CCCO.[Lu]. The summed E-state index contributed by atoms with van der Waals surface area (Å²) in [5.41, 5.74) is 12.7. The Bertz CT molecular complexity index is 2390. The molecule has 20 heteroatoms. The van der Waals surface area contributed by atoms with Gasteiger partial charge in [0.05, 0.1) is 118 Å². The van der Waals surface area contributed by atoms with Crippen molar-refractivity contribution in [3.8, 4) is 11.5 Å². The number of carbonyl (C=O) groups is 2. The van der Waals surface area contributed by atoms with E-state index in [2.05, 4.69) is 37.9 Å². The summed E-state index contributed by atoms with van der Waals surface area (Å²) in [6, 6.07) is 7.87. The zero-order valence-corrected chi connectivity index (χ0v) is 44.7. The van der Waals surface area contributed by atoms with Crippen molar-refractivity contribution in [2.75, 3.05) is 107 Å². The normalized spacial score (nSPS) is 11.8. The molecule has 0 fully saturated rings. The third-order valence-corrected chi connectivity index (χ3v) is 10.8. The number of carboxylic acid groups (broad SMARTS) is 2. The fourth-order valence-corrected chi connectivity index (χ4v) is 7.41. The quantitative estimate of drug-likeness (QED) is 0.0447. The first-order chi connectivity index (χ1) is 34.3. The number of nitrogens with one attached hydrogen (secondary N) is 1. The molecule has 2 aliphatic rings. The monoisotopic (exact) mass is 1170 g/mol. The molecule has 3 aromatic rings. The largest absolute Gasteiger partial charge is 0.487 e. The Hall–Kier alpha value is -4.41. The van der Waals surface area contributed by atoms with Crippen molar-refractivity contribution in [3.05, 3.63) is 70.6 Å². The summed E-state index contributed by atoms with van der Waals surface area (Å²) in [7, 11) is 3.28. The molecule has 0 aliphatic carbocycles. The molecule has 1 radical (unpaired) electrons. The van der Waals surface area contributed by atoms with Crippen molar-refractivity contribution in [3.63, 3.8) is 0 Å². The van der Waals surface area contributed by atoms with Gasteiger partial charge in [-0.3, -0.25) is 19.6 Å². The van der Waals surface area contributed by atoms with Crippen LogP contribution >= 0.6 is 0 Å². The van der Waals surface area contributed by atoms with Gasteiger partial charge in [0.25, 0.3) is 11.9 Å². The number of H-pyrrole nitrogens is 1. The molecule has 0 saturated heterocycles. The topological polar surface area (TPSA) is 256 Å². The van der Waals surface area contributed by atoms with Crippen LogP contribution in [0.3, 0.4) is 0 Å². The molecule has 4 heterocycles. The van der Waals surface area contributed by atoms with E-state index in [1.807, 2.05) is 25.3 Å². The van der Waals surface area contributed by atoms with E-state index < -0.39 is 11.9 Å². The van der Waals surface area contributed by atoms with Crippen molar-refractivity contribution < 1.29 is 105 Å². The van der Waals surface area contributed by atoms with Gasteiger partial charge >= 0.3 is 0 Å². The van der Waals surface area contributed by atoms with Crippen LogP contribution in [-0.2, 0) is 44.4 Å². The zero-order valence-electron chi connectivity index (χ0n) is 43.0. The number of methoxy groups -OCH3 is 2. The number of aryl methyl sites for hydroxylation is 2. The van der Waals surface area contributed by atoms with E-state index in [-0.39, 0.29) is 63.3 Å². The summed E-state index contributed by atoms with van der Waals surface area (Å²) >= 11 is 0. The van der Waals surface area contributed by atoms with Gasteiger partial charge in [0.2, 0.25) is 0 Å². The molecule has 407 valence electrons. The second kappa shape index (κ2) is 36.5. The number of hydrogen-bond acceptors (Lipinski definition) is 16. The maximum atomic E-state index is 9.86. The number of aliphatic hydroxyl groups excluding tert-OH is 2. The number of nitrogens with zero attached hydrogens (tertiary/aromatic N) is 4. The average Bonchev–Trinajstić information content (AvgIpc) is 3.94. The second-order valence-corrected chi connectivity index (χ2v) is 16.0. The van der Waals surface area contributed by atoms with Gasteiger partial charge in [-0.15, -0.1) is 0 Å². The Morgan fingerprint density at radius 1 is 0.556 bits per heavy atom. The van der Waals surface area contributed by atoms with Crippen LogP contribution < -0.4 is 9.47 Å². The molecule has 0 spiro atoms. The van der Waals surface area contributed by atoms with E-state index in [1.54, 1.807) is 20.4 Å². The number of benzene rings is 1. The number of carboxylic acids is 2. The predicted molar refractivity (Wildman–Crippen MR) is 272 cm³/mol. The fraction of sp³-hybridized carbons (Fsp3) is 0.538. The fourth-order valence-electron chi connectivity index (χ4n) is 7.41. The van der Waals surface area contributed by atoms with Crippen LogP contribution in [0.1, 0.15) is 101 Å². The minimum Gasteiger partial charge on any atom is -0.487 e. The van der Waals surface area contributed by atoms with Crippen LogP contribution in [0.5, 0.6) is 11.5 Å². The predicted octanol–water partition coefficient (Wildman–Crippen LogP) is 7.30. The van der Waals surface area contributed by atoms with E-state index in [9.17, 15) is 10.2 Å². The number of aliphatic hydroxyl groups is 2. The van der Waals surface area contributed by atoms with Crippen molar-refractivity contribution >= 4 is 56.3 Å². The van der Waals surface area contributed by atoms with Crippen LogP contribution in [0.4, 0.5) is 0 Å². The summed E-state index contributed by atoms with van der Waals surface area (Å²) in [6.07, 6.45) is 7.76. The molecular formula is C52H75LuN5O14. The number of rotatable bonds is 28. The van der Waals surface area contributed by atoms with E-state index in [0.717, 1.165) is 77.1 Å². The van der Waals surface area contributed by atoms with E-state index in [4.69, 9.17) is 77.6 Å². The van der Waals surface area contributed by atoms with E-state index in [0.29, 0.717) is 120 Å². The smallest absolute Gasteiger partial charge is 0.300 e. The Morgan fingerprint density at radius 2 is 0.972 bits per heavy atom. The minimum atomic E-state index is -0.833. The molecule has 2 aliphatic heterocycles. The molecule has 0 atom stereocenters. The summed E-state index contributed by atoms with van der Waals surface area (Å²) in [5.74, 6) is -0.728. The standard InChI is InChI=1S/C48H67N5O10.2C2H4O2.Lu/c1-7-35-36(8-2)40-28-42-38(12-10-14-55)34(4)46(53-42)32-50-44-30-48(63-26-24-61-22-20-59-18-16-57-6)47(62-25-23-60-21-19-58-17-15-56-5)29-43(44)49-31-45-33(3)37(11-9-13-54)41(52-45)27-39(35)51-40;2*1-2(3)4;/h27-32,52,54-55H,7-26H2,1-6H3;2*1H3,(H,3,4);. The summed E-state index contributed by atoms with van der Waals surface area (Å²) < 4.78 is 45.3. The molecule has 0 unspecified atom stereocenters. The first kappa shape index (κ1) is 63.7. The Balaban J connectivity index is 0.00000183. The molecule has 5 rings (SSSR count). The first-order valence-electron chi connectivity index (χ1n) is 24.0.